The molecule has 0 saturated carbocycles. The fraction of sp³-hybridized carbons (Fsp3) is 0.526. The first-order chi connectivity index (χ1) is 13.5. The van der Waals surface area contributed by atoms with Crippen molar-refractivity contribution in [2.75, 3.05) is 5.75 Å². The van der Waals surface area contributed by atoms with Crippen LogP contribution in [0.15, 0.2) is 29.4 Å². The SMILES string of the molecule is CC1CCCC(C)N1C(=O)CSc1nnc(Cn2nnc3ccccc32)n1C. The van der Waals surface area contributed by atoms with E-state index >= 15 is 0 Å². The van der Waals surface area contributed by atoms with Gasteiger partial charge in [-0.25, -0.2) is 4.68 Å². The van der Waals surface area contributed by atoms with Crippen molar-refractivity contribution in [3.63, 3.8) is 0 Å². The second-order valence-electron chi connectivity index (χ2n) is 7.41. The molecule has 1 amide bonds. The van der Waals surface area contributed by atoms with Crippen LogP contribution in [-0.2, 0) is 18.4 Å². The zero-order chi connectivity index (χ0) is 19.7. The Hall–Kier alpha value is -2.42. The lowest BCUT2D eigenvalue weighted by Gasteiger charge is -2.39. The Labute approximate surface area is 168 Å². The highest BCUT2D eigenvalue weighted by atomic mass is 32.2. The molecule has 1 aliphatic rings. The van der Waals surface area contributed by atoms with Gasteiger partial charge in [-0.1, -0.05) is 29.1 Å². The number of fused-ring (bicyclic) bond motifs is 1. The Bertz CT molecular complexity index is 972. The van der Waals surface area contributed by atoms with Gasteiger partial charge in [-0.3, -0.25) is 4.79 Å². The molecule has 2 atom stereocenters. The van der Waals surface area contributed by atoms with E-state index in [-0.39, 0.29) is 5.91 Å². The molecule has 1 aromatic carbocycles. The number of para-hydroxylation sites is 1. The number of carbonyl (C=O) groups is 1. The second-order valence-corrected chi connectivity index (χ2v) is 8.35. The Morgan fingerprint density at radius 2 is 1.89 bits per heavy atom. The lowest BCUT2D eigenvalue weighted by atomic mass is 9.98. The van der Waals surface area contributed by atoms with Crippen LogP contribution in [0.5, 0.6) is 0 Å². The topological polar surface area (TPSA) is 81.7 Å². The monoisotopic (exact) mass is 399 g/mol. The molecule has 1 fully saturated rings. The average Bonchev–Trinajstić information content (AvgIpc) is 3.24. The van der Waals surface area contributed by atoms with Gasteiger partial charge in [-0.2, -0.15) is 0 Å². The quantitative estimate of drug-likeness (QED) is 0.613. The summed E-state index contributed by atoms with van der Waals surface area (Å²) in [5.74, 6) is 1.34. The molecule has 0 bridgehead atoms. The van der Waals surface area contributed by atoms with Gasteiger partial charge in [0, 0.05) is 19.1 Å². The van der Waals surface area contributed by atoms with Gasteiger partial charge in [0.1, 0.15) is 12.1 Å². The fourth-order valence-corrected chi connectivity index (χ4v) is 4.69. The number of nitrogens with zero attached hydrogens (tertiary/aromatic N) is 7. The molecule has 9 heteroatoms. The summed E-state index contributed by atoms with van der Waals surface area (Å²) in [5.41, 5.74) is 1.82. The fourth-order valence-electron chi connectivity index (χ4n) is 3.89. The third-order valence-electron chi connectivity index (χ3n) is 5.44. The molecule has 3 heterocycles. The van der Waals surface area contributed by atoms with Crippen molar-refractivity contribution in [2.24, 2.45) is 7.05 Å². The number of hydrogen-bond acceptors (Lipinski definition) is 6. The molecule has 3 aromatic rings. The Morgan fingerprint density at radius 3 is 2.68 bits per heavy atom. The smallest absolute Gasteiger partial charge is 0.233 e. The summed E-state index contributed by atoms with van der Waals surface area (Å²) in [6.07, 6.45) is 3.37. The molecular formula is C19H25N7OS. The van der Waals surface area contributed by atoms with Gasteiger partial charge in [0.25, 0.3) is 0 Å². The van der Waals surface area contributed by atoms with E-state index in [2.05, 4.69) is 34.4 Å². The largest absolute Gasteiger partial charge is 0.337 e. The van der Waals surface area contributed by atoms with Crippen LogP contribution in [0.1, 0.15) is 38.9 Å². The van der Waals surface area contributed by atoms with E-state index in [1.807, 2.05) is 45.5 Å². The third-order valence-corrected chi connectivity index (χ3v) is 6.45. The zero-order valence-electron chi connectivity index (χ0n) is 16.4. The Kier molecular flexibility index (Phi) is 5.34. The highest BCUT2D eigenvalue weighted by molar-refractivity contribution is 7.99. The van der Waals surface area contributed by atoms with E-state index in [0.29, 0.717) is 24.4 Å². The van der Waals surface area contributed by atoms with Crippen LogP contribution in [0.3, 0.4) is 0 Å². The van der Waals surface area contributed by atoms with Crippen LogP contribution in [-0.4, -0.2) is 58.4 Å². The van der Waals surface area contributed by atoms with E-state index in [1.165, 1.54) is 18.2 Å². The molecule has 2 unspecified atom stereocenters. The van der Waals surface area contributed by atoms with Crippen LogP contribution in [0, 0.1) is 0 Å². The summed E-state index contributed by atoms with van der Waals surface area (Å²) in [5, 5.41) is 17.7. The Balaban J connectivity index is 1.43. The summed E-state index contributed by atoms with van der Waals surface area (Å²) in [6.45, 7) is 4.76. The number of carbonyl (C=O) groups excluding carboxylic acids is 1. The number of aromatic nitrogens is 6. The molecule has 0 N–H and O–H groups in total. The van der Waals surface area contributed by atoms with E-state index in [9.17, 15) is 4.79 Å². The van der Waals surface area contributed by atoms with E-state index in [4.69, 9.17) is 0 Å². The van der Waals surface area contributed by atoms with Crippen molar-refractivity contribution < 1.29 is 4.79 Å². The summed E-state index contributed by atoms with van der Waals surface area (Å²) in [7, 11) is 1.92. The van der Waals surface area contributed by atoms with Crippen LogP contribution >= 0.6 is 11.8 Å². The van der Waals surface area contributed by atoms with Crippen molar-refractivity contribution in [3.05, 3.63) is 30.1 Å². The highest BCUT2D eigenvalue weighted by Crippen LogP contribution is 2.25. The first-order valence-electron chi connectivity index (χ1n) is 9.65. The predicted octanol–water partition coefficient (Wildman–Crippen LogP) is 2.49. The van der Waals surface area contributed by atoms with Gasteiger partial charge < -0.3 is 9.47 Å². The number of piperidine rings is 1. The molecular weight excluding hydrogens is 374 g/mol. The maximum absolute atomic E-state index is 12.7. The summed E-state index contributed by atoms with van der Waals surface area (Å²) in [6, 6.07) is 8.46. The Morgan fingerprint density at radius 1 is 1.14 bits per heavy atom. The van der Waals surface area contributed by atoms with Gasteiger partial charge >= 0.3 is 0 Å². The minimum atomic E-state index is 0.177. The van der Waals surface area contributed by atoms with E-state index in [1.54, 1.807) is 0 Å². The van der Waals surface area contributed by atoms with Crippen LogP contribution in [0.25, 0.3) is 11.0 Å². The third kappa shape index (κ3) is 3.63. The first kappa shape index (κ1) is 18.9. The van der Waals surface area contributed by atoms with Crippen molar-refractivity contribution in [3.8, 4) is 0 Å². The lowest BCUT2D eigenvalue weighted by Crippen LogP contribution is -2.48. The van der Waals surface area contributed by atoms with Crippen LogP contribution in [0.2, 0.25) is 0 Å². The molecule has 4 rings (SSSR count). The minimum absolute atomic E-state index is 0.177. The highest BCUT2D eigenvalue weighted by Gasteiger charge is 2.29. The first-order valence-corrected chi connectivity index (χ1v) is 10.6. The van der Waals surface area contributed by atoms with E-state index < -0.39 is 0 Å². The zero-order valence-corrected chi connectivity index (χ0v) is 17.3. The molecule has 28 heavy (non-hydrogen) atoms. The molecule has 0 radical (unpaired) electrons. The van der Waals surface area contributed by atoms with Crippen molar-refractivity contribution in [2.45, 2.75) is 56.9 Å². The molecule has 0 aliphatic carbocycles. The molecule has 2 aromatic heterocycles. The standard InChI is InChI=1S/C19H25N7OS/c1-13-7-6-8-14(2)26(13)18(27)12-28-19-22-21-17(24(19)3)11-25-16-10-5-4-9-15(16)20-23-25/h4-5,9-10,13-14H,6-8,11-12H2,1-3H3. The molecule has 1 aliphatic heterocycles. The van der Waals surface area contributed by atoms with Crippen molar-refractivity contribution in [1.29, 1.82) is 0 Å². The number of benzene rings is 1. The molecule has 1 saturated heterocycles. The van der Waals surface area contributed by atoms with Crippen LogP contribution < -0.4 is 0 Å². The normalized spacial score (nSPS) is 20.0. The van der Waals surface area contributed by atoms with Gasteiger partial charge in [-0.15, -0.1) is 15.3 Å². The maximum Gasteiger partial charge on any atom is 0.233 e. The predicted molar refractivity (Wildman–Crippen MR) is 108 cm³/mol. The average molecular weight is 400 g/mol. The van der Waals surface area contributed by atoms with Gasteiger partial charge in [0.05, 0.1) is 11.3 Å². The minimum Gasteiger partial charge on any atom is -0.337 e. The van der Waals surface area contributed by atoms with Crippen LogP contribution in [0.4, 0.5) is 0 Å². The lowest BCUT2D eigenvalue weighted by molar-refractivity contribution is -0.134. The van der Waals surface area contributed by atoms with Crippen molar-refractivity contribution >= 4 is 28.7 Å². The number of rotatable bonds is 5. The van der Waals surface area contributed by atoms with Crippen molar-refractivity contribution in [1.82, 2.24) is 34.7 Å². The number of amides is 1. The van der Waals surface area contributed by atoms with Gasteiger partial charge in [-0.05, 0) is 45.2 Å². The number of hydrogen-bond donors (Lipinski definition) is 0. The van der Waals surface area contributed by atoms with Gasteiger partial charge in [0.2, 0.25) is 5.91 Å². The maximum atomic E-state index is 12.7. The number of likely N-dealkylation sites (tertiary alicyclic amines) is 1. The summed E-state index contributed by atoms with van der Waals surface area (Å²) >= 11 is 1.44. The summed E-state index contributed by atoms with van der Waals surface area (Å²) < 4.78 is 3.74. The molecule has 0 spiro atoms. The molecule has 148 valence electrons. The molecule has 8 nitrogen and oxygen atoms in total. The second kappa shape index (κ2) is 7.90. The van der Waals surface area contributed by atoms with Gasteiger partial charge in [0.15, 0.2) is 11.0 Å². The van der Waals surface area contributed by atoms with E-state index in [0.717, 1.165) is 34.9 Å². The summed E-state index contributed by atoms with van der Waals surface area (Å²) in [4.78, 5) is 14.8. The number of thioether (sulfide) groups is 1.